The lowest BCUT2D eigenvalue weighted by Crippen LogP contribution is -2.37. The third-order valence-electron chi connectivity index (χ3n) is 5.46. The fourth-order valence-corrected chi connectivity index (χ4v) is 3.77. The number of rotatable bonds is 5. The summed E-state index contributed by atoms with van der Waals surface area (Å²) >= 11 is 0. The summed E-state index contributed by atoms with van der Waals surface area (Å²) in [5, 5.41) is 6.39. The van der Waals surface area contributed by atoms with E-state index in [1.165, 1.54) is 50.6 Å². The van der Waals surface area contributed by atoms with Gasteiger partial charge in [-0.2, -0.15) is 0 Å². The molecule has 0 atom stereocenters. The molecule has 1 aliphatic heterocycles. The molecule has 2 N–H and O–H groups in total. The van der Waals surface area contributed by atoms with Crippen molar-refractivity contribution in [2.45, 2.75) is 57.9 Å². The molecule has 1 aromatic rings. The zero-order chi connectivity index (χ0) is 16.8. The minimum absolute atomic E-state index is 0.0557. The number of nitrogens with zero attached hydrogens (tertiary/aromatic N) is 1. The SMILES string of the molecule is CC1CCN(c2ccc(NC(=O)CNC3CCCCC3)cc2)CC1. The fraction of sp³-hybridized carbons (Fsp3) is 0.650. The molecule has 1 saturated heterocycles. The van der Waals surface area contributed by atoms with Crippen LogP contribution in [0, 0.1) is 5.92 Å². The van der Waals surface area contributed by atoms with E-state index in [-0.39, 0.29) is 5.91 Å². The molecule has 1 saturated carbocycles. The van der Waals surface area contributed by atoms with E-state index < -0.39 is 0 Å². The largest absolute Gasteiger partial charge is 0.372 e. The molecule has 2 fully saturated rings. The Kier molecular flexibility index (Phi) is 6.13. The predicted molar refractivity (Wildman–Crippen MR) is 101 cm³/mol. The van der Waals surface area contributed by atoms with Gasteiger partial charge in [0.05, 0.1) is 6.54 Å². The molecule has 24 heavy (non-hydrogen) atoms. The van der Waals surface area contributed by atoms with Crippen LogP contribution in [0.2, 0.25) is 0 Å². The van der Waals surface area contributed by atoms with Gasteiger partial charge in [0, 0.05) is 30.5 Å². The number of benzene rings is 1. The standard InChI is InChI=1S/C20H31N3O/c1-16-11-13-23(14-12-16)19-9-7-18(8-10-19)22-20(24)15-21-17-5-3-2-4-6-17/h7-10,16-17,21H,2-6,11-15H2,1H3,(H,22,24). The van der Waals surface area contributed by atoms with E-state index in [1.807, 2.05) is 12.1 Å². The zero-order valence-corrected chi connectivity index (χ0v) is 14.9. The molecule has 4 heteroatoms. The Morgan fingerprint density at radius 1 is 1.04 bits per heavy atom. The Hall–Kier alpha value is -1.55. The highest BCUT2D eigenvalue weighted by atomic mass is 16.1. The molecule has 0 radical (unpaired) electrons. The highest BCUT2D eigenvalue weighted by Gasteiger charge is 2.16. The van der Waals surface area contributed by atoms with E-state index in [0.29, 0.717) is 12.6 Å². The van der Waals surface area contributed by atoms with Gasteiger partial charge in [-0.25, -0.2) is 0 Å². The van der Waals surface area contributed by atoms with Crippen molar-refractivity contribution < 1.29 is 4.79 Å². The maximum Gasteiger partial charge on any atom is 0.238 e. The fourth-order valence-electron chi connectivity index (χ4n) is 3.77. The van der Waals surface area contributed by atoms with E-state index >= 15 is 0 Å². The Labute approximate surface area is 146 Å². The summed E-state index contributed by atoms with van der Waals surface area (Å²) in [4.78, 5) is 14.5. The summed E-state index contributed by atoms with van der Waals surface area (Å²) in [6, 6.07) is 8.81. The molecule has 0 bridgehead atoms. The summed E-state index contributed by atoms with van der Waals surface area (Å²) in [5.41, 5.74) is 2.15. The Morgan fingerprint density at radius 3 is 2.38 bits per heavy atom. The maximum atomic E-state index is 12.1. The number of nitrogens with one attached hydrogen (secondary N) is 2. The lowest BCUT2D eigenvalue weighted by atomic mass is 9.95. The van der Waals surface area contributed by atoms with Gasteiger partial charge >= 0.3 is 0 Å². The second-order valence-electron chi connectivity index (χ2n) is 7.48. The van der Waals surface area contributed by atoms with Gasteiger partial charge in [-0.05, 0) is 55.9 Å². The van der Waals surface area contributed by atoms with Crippen LogP contribution in [0.4, 0.5) is 11.4 Å². The molecular formula is C20H31N3O. The number of anilines is 2. The van der Waals surface area contributed by atoms with Gasteiger partial charge in [0.1, 0.15) is 0 Å². The van der Waals surface area contributed by atoms with Crippen molar-refractivity contribution in [1.29, 1.82) is 0 Å². The number of hydrogen-bond donors (Lipinski definition) is 2. The molecule has 0 spiro atoms. The van der Waals surface area contributed by atoms with Gasteiger partial charge in [0.15, 0.2) is 0 Å². The van der Waals surface area contributed by atoms with Crippen LogP contribution in [0.25, 0.3) is 0 Å². The third kappa shape index (κ3) is 4.97. The van der Waals surface area contributed by atoms with Crippen LogP contribution < -0.4 is 15.5 Å². The predicted octanol–water partition coefficient (Wildman–Crippen LogP) is 3.78. The van der Waals surface area contributed by atoms with Gasteiger partial charge in [-0.3, -0.25) is 4.79 Å². The first kappa shape index (κ1) is 17.3. The van der Waals surface area contributed by atoms with E-state index in [2.05, 4.69) is 34.6 Å². The second kappa shape index (κ2) is 8.52. The van der Waals surface area contributed by atoms with Crippen LogP contribution >= 0.6 is 0 Å². The lowest BCUT2D eigenvalue weighted by molar-refractivity contribution is -0.115. The number of piperidine rings is 1. The van der Waals surface area contributed by atoms with Crippen molar-refractivity contribution >= 4 is 17.3 Å². The van der Waals surface area contributed by atoms with Gasteiger partial charge in [-0.1, -0.05) is 26.2 Å². The molecular weight excluding hydrogens is 298 g/mol. The molecule has 0 aromatic heterocycles. The molecule has 132 valence electrons. The molecule has 1 heterocycles. The Morgan fingerprint density at radius 2 is 1.71 bits per heavy atom. The molecule has 1 aliphatic carbocycles. The van der Waals surface area contributed by atoms with Crippen molar-refractivity contribution in [1.82, 2.24) is 5.32 Å². The second-order valence-corrected chi connectivity index (χ2v) is 7.48. The first-order chi connectivity index (χ1) is 11.7. The van der Waals surface area contributed by atoms with Gasteiger partial charge in [0.25, 0.3) is 0 Å². The molecule has 0 unspecified atom stereocenters. The van der Waals surface area contributed by atoms with Gasteiger partial charge < -0.3 is 15.5 Å². The van der Waals surface area contributed by atoms with Gasteiger partial charge in [0.2, 0.25) is 5.91 Å². The van der Waals surface area contributed by atoms with Crippen molar-refractivity contribution in [3.63, 3.8) is 0 Å². The third-order valence-corrected chi connectivity index (χ3v) is 5.46. The minimum atomic E-state index is 0.0557. The van der Waals surface area contributed by atoms with E-state index in [1.54, 1.807) is 0 Å². The highest BCUT2D eigenvalue weighted by molar-refractivity contribution is 5.92. The van der Waals surface area contributed by atoms with Crippen LogP contribution in [-0.4, -0.2) is 31.6 Å². The Bertz CT molecular complexity index is 514. The average Bonchev–Trinajstić information content (AvgIpc) is 2.62. The quantitative estimate of drug-likeness (QED) is 0.864. The van der Waals surface area contributed by atoms with E-state index in [0.717, 1.165) is 24.7 Å². The van der Waals surface area contributed by atoms with Crippen molar-refractivity contribution in [3.05, 3.63) is 24.3 Å². The zero-order valence-electron chi connectivity index (χ0n) is 14.9. The molecule has 1 aromatic carbocycles. The average molecular weight is 329 g/mol. The first-order valence-electron chi connectivity index (χ1n) is 9.59. The molecule has 2 aliphatic rings. The van der Waals surface area contributed by atoms with Crippen LogP contribution in [0.3, 0.4) is 0 Å². The van der Waals surface area contributed by atoms with Crippen molar-refractivity contribution in [3.8, 4) is 0 Å². The molecule has 3 rings (SSSR count). The summed E-state index contributed by atoms with van der Waals surface area (Å²) < 4.78 is 0. The van der Waals surface area contributed by atoms with Crippen LogP contribution in [-0.2, 0) is 4.79 Å². The summed E-state index contributed by atoms with van der Waals surface area (Å²) in [6.07, 6.45) is 8.86. The monoisotopic (exact) mass is 329 g/mol. The van der Waals surface area contributed by atoms with E-state index in [4.69, 9.17) is 0 Å². The normalized spacial score (nSPS) is 20.1. The van der Waals surface area contributed by atoms with E-state index in [9.17, 15) is 4.79 Å². The maximum absolute atomic E-state index is 12.1. The summed E-state index contributed by atoms with van der Waals surface area (Å²) in [6.45, 7) is 5.02. The topological polar surface area (TPSA) is 44.4 Å². The highest BCUT2D eigenvalue weighted by Crippen LogP contribution is 2.24. The minimum Gasteiger partial charge on any atom is -0.372 e. The van der Waals surface area contributed by atoms with Gasteiger partial charge in [-0.15, -0.1) is 0 Å². The Balaban J connectivity index is 1.44. The van der Waals surface area contributed by atoms with Crippen LogP contribution in [0.15, 0.2) is 24.3 Å². The number of carbonyl (C=O) groups excluding carboxylic acids is 1. The summed E-state index contributed by atoms with van der Waals surface area (Å²) in [7, 11) is 0. The van der Waals surface area contributed by atoms with Crippen LogP contribution in [0.5, 0.6) is 0 Å². The van der Waals surface area contributed by atoms with Crippen molar-refractivity contribution in [2.24, 2.45) is 5.92 Å². The van der Waals surface area contributed by atoms with Crippen LogP contribution in [0.1, 0.15) is 51.9 Å². The smallest absolute Gasteiger partial charge is 0.238 e. The summed E-state index contributed by atoms with van der Waals surface area (Å²) in [5.74, 6) is 0.900. The lowest BCUT2D eigenvalue weighted by Gasteiger charge is -2.32. The number of carbonyl (C=O) groups is 1. The van der Waals surface area contributed by atoms with Crippen molar-refractivity contribution in [2.75, 3.05) is 29.9 Å². The number of amides is 1. The first-order valence-corrected chi connectivity index (χ1v) is 9.59. The number of hydrogen-bond acceptors (Lipinski definition) is 3. The molecule has 4 nitrogen and oxygen atoms in total. The molecule has 1 amide bonds.